The number of hydrogen-bond acceptors (Lipinski definition) is 3. The monoisotopic (exact) mass is 282 g/mol. The molecule has 0 spiro atoms. The zero-order valence-electron chi connectivity index (χ0n) is 13.4. The molecule has 0 amide bonds. The summed E-state index contributed by atoms with van der Waals surface area (Å²) < 4.78 is 0. The molecule has 1 heterocycles. The van der Waals surface area contributed by atoms with Gasteiger partial charge >= 0.3 is 0 Å². The van der Waals surface area contributed by atoms with Crippen LogP contribution in [0.2, 0.25) is 0 Å². The van der Waals surface area contributed by atoms with Crippen LogP contribution < -0.4 is 0 Å². The van der Waals surface area contributed by atoms with Crippen LogP contribution in [0.3, 0.4) is 0 Å². The highest BCUT2D eigenvalue weighted by Crippen LogP contribution is 2.12. The molecule has 0 bridgehead atoms. The van der Waals surface area contributed by atoms with Gasteiger partial charge in [-0.15, -0.1) is 0 Å². The normalized spacial score (nSPS) is 14.9. The summed E-state index contributed by atoms with van der Waals surface area (Å²) in [6, 6.07) is 0. The average molecular weight is 282 g/mol. The van der Waals surface area contributed by atoms with Crippen LogP contribution in [0.25, 0.3) is 0 Å². The van der Waals surface area contributed by atoms with Gasteiger partial charge in [-0.2, -0.15) is 0 Å². The van der Waals surface area contributed by atoms with Gasteiger partial charge in [-0.1, -0.05) is 64.7 Å². The summed E-state index contributed by atoms with van der Waals surface area (Å²) in [7, 11) is 0. The molecule has 20 heavy (non-hydrogen) atoms. The third-order valence-corrected chi connectivity index (χ3v) is 4.15. The van der Waals surface area contributed by atoms with E-state index >= 15 is 0 Å². The topological polar surface area (TPSA) is 35.8 Å². The van der Waals surface area contributed by atoms with Crippen molar-refractivity contribution in [2.24, 2.45) is 4.99 Å². The van der Waals surface area contributed by atoms with Gasteiger partial charge in [0.05, 0.1) is 13.2 Å². The maximum Gasteiger partial charge on any atom is 0.101 e. The van der Waals surface area contributed by atoms with E-state index in [9.17, 15) is 0 Å². The van der Waals surface area contributed by atoms with Crippen molar-refractivity contribution in [3.8, 4) is 0 Å². The summed E-state index contributed by atoms with van der Waals surface area (Å²) in [4.78, 5) is 6.82. The molecule has 118 valence electrons. The third-order valence-electron chi connectivity index (χ3n) is 4.15. The van der Waals surface area contributed by atoms with Gasteiger partial charge in [0.2, 0.25) is 0 Å². The quantitative estimate of drug-likeness (QED) is 0.518. The number of unbranched alkanes of at least 4 members (excludes halogenated alkanes) is 9. The summed E-state index contributed by atoms with van der Waals surface area (Å²) in [6.45, 7) is 5.62. The van der Waals surface area contributed by atoms with E-state index in [1.165, 1.54) is 64.2 Å². The van der Waals surface area contributed by atoms with Gasteiger partial charge in [0, 0.05) is 19.5 Å². The molecule has 0 saturated carbocycles. The Morgan fingerprint density at radius 1 is 0.950 bits per heavy atom. The molecule has 0 saturated heterocycles. The third kappa shape index (κ3) is 7.88. The Bertz CT molecular complexity index is 253. The number of aliphatic imine (C=N–C) groups is 1. The zero-order valence-corrected chi connectivity index (χ0v) is 13.4. The highest BCUT2D eigenvalue weighted by molar-refractivity contribution is 5.83. The summed E-state index contributed by atoms with van der Waals surface area (Å²) in [5.74, 6) is 1.13. The Morgan fingerprint density at radius 2 is 1.55 bits per heavy atom. The fraction of sp³-hybridized carbons (Fsp3) is 0.941. The van der Waals surface area contributed by atoms with Crippen LogP contribution in [0.15, 0.2) is 4.99 Å². The lowest BCUT2D eigenvalue weighted by Gasteiger charge is -2.19. The highest BCUT2D eigenvalue weighted by atomic mass is 16.3. The molecular weight excluding hydrogens is 248 g/mol. The molecule has 0 unspecified atom stereocenters. The average Bonchev–Trinajstić information content (AvgIpc) is 2.89. The predicted octanol–water partition coefficient (Wildman–Crippen LogP) is 4.00. The molecule has 1 aliphatic rings. The molecule has 3 heteroatoms. The number of aliphatic hydroxyl groups is 1. The summed E-state index contributed by atoms with van der Waals surface area (Å²) in [6.07, 6.45) is 14.6. The molecular formula is C17H34N2O. The maximum absolute atomic E-state index is 8.98. The molecule has 1 N–H and O–H groups in total. The molecule has 0 fully saturated rings. The van der Waals surface area contributed by atoms with Gasteiger partial charge in [-0.3, -0.25) is 4.99 Å². The fourth-order valence-electron chi connectivity index (χ4n) is 2.90. The minimum absolute atomic E-state index is 0.230. The van der Waals surface area contributed by atoms with E-state index in [1.807, 2.05) is 0 Å². The largest absolute Gasteiger partial charge is 0.396 e. The first kappa shape index (κ1) is 17.5. The van der Waals surface area contributed by atoms with Gasteiger partial charge in [0.25, 0.3) is 0 Å². The Hall–Kier alpha value is -0.570. The van der Waals surface area contributed by atoms with Crippen LogP contribution in [0.5, 0.6) is 0 Å². The molecule has 0 aromatic heterocycles. The van der Waals surface area contributed by atoms with Crippen molar-refractivity contribution in [1.82, 2.24) is 4.90 Å². The summed E-state index contributed by atoms with van der Waals surface area (Å²) in [5, 5.41) is 8.98. The molecule has 0 atom stereocenters. The zero-order chi connectivity index (χ0) is 14.5. The summed E-state index contributed by atoms with van der Waals surface area (Å²) in [5.41, 5.74) is 0. The maximum atomic E-state index is 8.98. The van der Waals surface area contributed by atoms with Crippen molar-refractivity contribution >= 4 is 5.84 Å². The second-order valence-electron chi connectivity index (χ2n) is 5.94. The molecule has 0 aromatic rings. The molecule has 0 radical (unpaired) electrons. The number of rotatable bonds is 13. The van der Waals surface area contributed by atoms with E-state index in [-0.39, 0.29) is 6.61 Å². The Kier molecular flexibility index (Phi) is 10.7. The van der Waals surface area contributed by atoms with E-state index in [0.717, 1.165) is 31.9 Å². The van der Waals surface area contributed by atoms with Crippen LogP contribution in [-0.4, -0.2) is 42.1 Å². The molecule has 0 aliphatic carbocycles. The van der Waals surface area contributed by atoms with E-state index in [2.05, 4.69) is 16.8 Å². The van der Waals surface area contributed by atoms with Gasteiger partial charge in [0.1, 0.15) is 5.84 Å². The second-order valence-corrected chi connectivity index (χ2v) is 5.94. The van der Waals surface area contributed by atoms with Crippen LogP contribution in [-0.2, 0) is 0 Å². The van der Waals surface area contributed by atoms with E-state index in [0.29, 0.717) is 0 Å². The van der Waals surface area contributed by atoms with Gasteiger partial charge in [-0.05, 0) is 6.42 Å². The number of nitrogens with zero attached hydrogens (tertiary/aromatic N) is 2. The van der Waals surface area contributed by atoms with Crippen LogP contribution >= 0.6 is 0 Å². The lowest BCUT2D eigenvalue weighted by atomic mass is 10.1. The minimum atomic E-state index is 0.230. The van der Waals surface area contributed by atoms with Crippen molar-refractivity contribution in [2.45, 2.75) is 77.6 Å². The van der Waals surface area contributed by atoms with Gasteiger partial charge in [-0.25, -0.2) is 0 Å². The van der Waals surface area contributed by atoms with E-state index < -0.39 is 0 Å². The minimum Gasteiger partial charge on any atom is -0.396 e. The van der Waals surface area contributed by atoms with Crippen molar-refractivity contribution in [1.29, 1.82) is 0 Å². The lowest BCUT2D eigenvalue weighted by molar-refractivity contribution is 0.300. The first-order valence-corrected chi connectivity index (χ1v) is 8.77. The van der Waals surface area contributed by atoms with Crippen molar-refractivity contribution in [2.75, 3.05) is 26.2 Å². The molecule has 0 aromatic carbocycles. The Morgan fingerprint density at radius 3 is 2.15 bits per heavy atom. The highest BCUT2D eigenvalue weighted by Gasteiger charge is 2.14. The van der Waals surface area contributed by atoms with Gasteiger partial charge in [0.15, 0.2) is 0 Å². The molecule has 3 nitrogen and oxygen atoms in total. The van der Waals surface area contributed by atoms with Gasteiger partial charge < -0.3 is 10.0 Å². The van der Waals surface area contributed by atoms with Crippen molar-refractivity contribution < 1.29 is 5.11 Å². The SMILES string of the molecule is CCCCCCCCCCCCN1CCN=C1CCO. The Balaban J connectivity index is 1.86. The van der Waals surface area contributed by atoms with Crippen LogP contribution in [0.1, 0.15) is 77.6 Å². The first-order chi connectivity index (χ1) is 9.88. The van der Waals surface area contributed by atoms with Crippen molar-refractivity contribution in [3.63, 3.8) is 0 Å². The van der Waals surface area contributed by atoms with E-state index in [4.69, 9.17) is 5.11 Å². The standard InChI is InChI=1S/C17H34N2O/c1-2-3-4-5-6-7-8-9-10-11-14-19-15-13-18-17(19)12-16-20/h20H,2-16H2,1H3. The fourth-order valence-corrected chi connectivity index (χ4v) is 2.90. The lowest BCUT2D eigenvalue weighted by Crippen LogP contribution is -2.29. The molecule has 1 aliphatic heterocycles. The van der Waals surface area contributed by atoms with Crippen LogP contribution in [0.4, 0.5) is 0 Å². The number of aliphatic hydroxyl groups excluding tert-OH is 1. The predicted molar refractivity (Wildman–Crippen MR) is 87.4 cm³/mol. The van der Waals surface area contributed by atoms with Crippen LogP contribution in [0, 0.1) is 0 Å². The first-order valence-electron chi connectivity index (χ1n) is 8.77. The van der Waals surface area contributed by atoms with E-state index in [1.54, 1.807) is 0 Å². The Labute approximate surface area is 125 Å². The number of amidine groups is 1. The summed E-state index contributed by atoms with van der Waals surface area (Å²) >= 11 is 0. The number of hydrogen-bond donors (Lipinski definition) is 1. The smallest absolute Gasteiger partial charge is 0.101 e. The molecule has 1 rings (SSSR count). The van der Waals surface area contributed by atoms with Crippen molar-refractivity contribution in [3.05, 3.63) is 0 Å². The second kappa shape index (κ2) is 12.2.